The van der Waals surface area contributed by atoms with Gasteiger partial charge in [0.25, 0.3) is 0 Å². The molecule has 1 aliphatic carbocycles. The Balaban J connectivity index is 1.93. The van der Waals surface area contributed by atoms with E-state index in [1.807, 2.05) is 6.07 Å². The van der Waals surface area contributed by atoms with Crippen LogP contribution in [0.1, 0.15) is 38.7 Å². The smallest absolute Gasteiger partial charge is 0.171 e. The minimum absolute atomic E-state index is 0.211. The third-order valence-corrected chi connectivity index (χ3v) is 4.67. The van der Waals surface area contributed by atoms with E-state index in [2.05, 4.69) is 24.5 Å². The summed E-state index contributed by atoms with van der Waals surface area (Å²) >= 11 is 5.34. The quantitative estimate of drug-likeness (QED) is 0.798. The number of aryl methyl sites for hydroxylation is 1. The van der Waals surface area contributed by atoms with Crippen molar-refractivity contribution >= 4 is 23.0 Å². The maximum Gasteiger partial charge on any atom is 0.171 e. The standard InChI is InChI=1S/C16H23FN2S/c1-10-5-4-6-15(12(10)3)19-16(20)18-13-8-7-11(2)14(17)9-13/h7-10,12,15H,4-6H2,1-3H3,(H2,18,19,20)/t10-,12+,15+/m1/s1. The zero-order valence-electron chi connectivity index (χ0n) is 12.4. The highest BCUT2D eigenvalue weighted by atomic mass is 32.1. The molecule has 1 aliphatic rings. The first-order chi connectivity index (χ1) is 9.47. The van der Waals surface area contributed by atoms with Crippen molar-refractivity contribution in [2.24, 2.45) is 11.8 Å². The molecule has 1 aromatic rings. The van der Waals surface area contributed by atoms with Crippen molar-refractivity contribution in [2.45, 2.75) is 46.1 Å². The van der Waals surface area contributed by atoms with Gasteiger partial charge in [-0.3, -0.25) is 0 Å². The number of anilines is 1. The van der Waals surface area contributed by atoms with Gasteiger partial charge in [-0.2, -0.15) is 0 Å². The van der Waals surface area contributed by atoms with Crippen molar-refractivity contribution < 1.29 is 4.39 Å². The molecule has 0 aromatic heterocycles. The van der Waals surface area contributed by atoms with Crippen LogP contribution in [0.25, 0.3) is 0 Å². The van der Waals surface area contributed by atoms with Crippen LogP contribution in [-0.2, 0) is 0 Å². The van der Waals surface area contributed by atoms with E-state index in [0.717, 1.165) is 12.3 Å². The molecule has 3 atom stereocenters. The molecule has 2 nitrogen and oxygen atoms in total. The molecular weight excluding hydrogens is 271 g/mol. The molecular formula is C16H23FN2S. The Kier molecular flexibility index (Phi) is 4.97. The summed E-state index contributed by atoms with van der Waals surface area (Å²) in [5.74, 6) is 1.12. The highest BCUT2D eigenvalue weighted by Crippen LogP contribution is 2.29. The lowest BCUT2D eigenvalue weighted by atomic mass is 9.78. The zero-order chi connectivity index (χ0) is 14.7. The summed E-state index contributed by atoms with van der Waals surface area (Å²) in [7, 11) is 0. The lowest BCUT2D eigenvalue weighted by molar-refractivity contribution is 0.225. The van der Waals surface area contributed by atoms with Crippen LogP contribution in [-0.4, -0.2) is 11.2 Å². The summed E-state index contributed by atoms with van der Waals surface area (Å²) in [5, 5.41) is 7.04. The molecule has 20 heavy (non-hydrogen) atoms. The first kappa shape index (κ1) is 15.2. The van der Waals surface area contributed by atoms with Gasteiger partial charge in [0.15, 0.2) is 5.11 Å². The summed E-state index contributed by atoms with van der Waals surface area (Å²) in [6.45, 7) is 6.32. The molecule has 0 bridgehead atoms. The molecule has 2 N–H and O–H groups in total. The monoisotopic (exact) mass is 294 g/mol. The van der Waals surface area contributed by atoms with E-state index in [1.165, 1.54) is 18.9 Å². The van der Waals surface area contributed by atoms with Crippen molar-refractivity contribution in [2.75, 3.05) is 5.32 Å². The van der Waals surface area contributed by atoms with Gasteiger partial charge in [0.2, 0.25) is 0 Å². The van der Waals surface area contributed by atoms with Crippen molar-refractivity contribution in [1.29, 1.82) is 0 Å². The second-order valence-corrected chi connectivity index (χ2v) is 6.34. The minimum atomic E-state index is -0.211. The van der Waals surface area contributed by atoms with Crippen LogP contribution in [0.2, 0.25) is 0 Å². The Morgan fingerprint density at radius 1 is 1.30 bits per heavy atom. The van der Waals surface area contributed by atoms with E-state index in [1.54, 1.807) is 13.0 Å². The fourth-order valence-electron chi connectivity index (χ4n) is 2.79. The first-order valence-corrected chi connectivity index (χ1v) is 7.72. The average molecular weight is 294 g/mol. The number of thiocarbonyl (C=S) groups is 1. The molecule has 4 heteroatoms. The number of halogens is 1. The molecule has 0 radical (unpaired) electrons. The molecule has 1 aromatic carbocycles. The highest BCUT2D eigenvalue weighted by molar-refractivity contribution is 7.80. The second-order valence-electron chi connectivity index (χ2n) is 5.94. The maximum absolute atomic E-state index is 13.5. The molecule has 0 aliphatic heterocycles. The van der Waals surface area contributed by atoms with Gasteiger partial charge < -0.3 is 10.6 Å². The van der Waals surface area contributed by atoms with Crippen LogP contribution in [0, 0.1) is 24.6 Å². The van der Waals surface area contributed by atoms with E-state index < -0.39 is 0 Å². The zero-order valence-corrected chi connectivity index (χ0v) is 13.2. The topological polar surface area (TPSA) is 24.1 Å². The minimum Gasteiger partial charge on any atom is -0.359 e. The Hall–Kier alpha value is -1.16. The lowest BCUT2D eigenvalue weighted by Crippen LogP contribution is -2.45. The van der Waals surface area contributed by atoms with Gasteiger partial charge in [-0.25, -0.2) is 4.39 Å². The molecule has 110 valence electrons. The van der Waals surface area contributed by atoms with E-state index in [0.29, 0.717) is 28.3 Å². The fourth-order valence-corrected chi connectivity index (χ4v) is 3.06. The van der Waals surface area contributed by atoms with Crippen LogP contribution in [0.15, 0.2) is 18.2 Å². The lowest BCUT2D eigenvalue weighted by Gasteiger charge is -2.35. The second kappa shape index (κ2) is 6.53. The van der Waals surface area contributed by atoms with Gasteiger partial charge in [-0.15, -0.1) is 0 Å². The third kappa shape index (κ3) is 3.69. The highest BCUT2D eigenvalue weighted by Gasteiger charge is 2.27. The van der Waals surface area contributed by atoms with E-state index in [-0.39, 0.29) is 5.82 Å². The Bertz CT molecular complexity index is 489. The molecule has 0 heterocycles. The van der Waals surface area contributed by atoms with Crippen molar-refractivity contribution in [3.8, 4) is 0 Å². The van der Waals surface area contributed by atoms with Crippen LogP contribution < -0.4 is 10.6 Å². The van der Waals surface area contributed by atoms with Crippen molar-refractivity contribution in [3.05, 3.63) is 29.6 Å². The van der Waals surface area contributed by atoms with Gasteiger partial charge in [0.1, 0.15) is 5.82 Å². The van der Waals surface area contributed by atoms with E-state index >= 15 is 0 Å². The average Bonchev–Trinajstić information content (AvgIpc) is 2.39. The number of hydrogen-bond acceptors (Lipinski definition) is 1. The predicted molar refractivity (Wildman–Crippen MR) is 86.5 cm³/mol. The van der Waals surface area contributed by atoms with Crippen LogP contribution in [0.5, 0.6) is 0 Å². The number of hydrogen-bond donors (Lipinski definition) is 2. The summed E-state index contributed by atoms with van der Waals surface area (Å²) in [6, 6.07) is 5.50. The Labute approximate surface area is 126 Å². The van der Waals surface area contributed by atoms with Gasteiger partial charge in [-0.05, 0) is 55.1 Å². The molecule has 2 rings (SSSR count). The van der Waals surface area contributed by atoms with Crippen LogP contribution in [0.3, 0.4) is 0 Å². The normalized spacial score (nSPS) is 26.1. The number of benzene rings is 1. The Morgan fingerprint density at radius 2 is 2.05 bits per heavy atom. The molecule has 1 fully saturated rings. The van der Waals surface area contributed by atoms with E-state index in [9.17, 15) is 4.39 Å². The fraction of sp³-hybridized carbons (Fsp3) is 0.562. The summed E-state index contributed by atoms with van der Waals surface area (Å²) < 4.78 is 13.5. The summed E-state index contributed by atoms with van der Waals surface area (Å²) in [6.07, 6.45) is 3.68. The third-order valence-electron chi connectivity index (χ3n) is 4.45. The van der Waals surface area contributed by atoms with Gasteiger partial charge in [0, 0.05) is 11.7 Å². The van der Waals surface area contributed by atoms with E-state index in [4.69, 9.17) is 12.2 Å². The molecule has 1 saturated carbocycles. The van der Waals surface area contributed by atoms with Crippen LogP contribution >= 0.6 is 12.2 Å². The van der Waals surface area contributed by atoms with Gasteiger partial charge in [0.05, 0.1) is 0 Å². The molecule has 0 spiro atoms. The largest absolute Gasteiger partial charge is 0.359 e. The number of nitrogens with one attached hydrogen (secondary N) is 2. The molecule has 0 amide bonds. The maximum atomic E-state index is 13.5. The predicted octanol–water partition coefficient (Wildman–Crippen LogP) is 4.25. The molecule has 0 saturated heterocycles. The molecule has 0 unspecified atom stereocenters. The number of rotatable bonds is 2. The summed E-state index contributed by atoms with van der Waals surface area (Å²) in [5.41, 5.74) is 1.34. The van der Waals surface area contributed by atoms with Gasteiger partial charge >= 0.3 is 0 Å². The Morgan fingerprint density at radius 3 is 2.75 bits per heavy atom. The SMILES string of the molecule is Cc1ccc(NC(=S)N[C@H]2CCC[C@@H](C)[C@@H]2C)cc1F. The van der Waals surface area contributed by atoms with Gasteiger partial charge in [-0.1, -0.05) is 32.8 Å². The first-order valence-electron chi connectivity index (χ1n) is 7.31. The van der Waals surface area contributed by atoms with Crippen LogP contribution in [0.4, 0.5) is 10.1 Å². The van der Waals surface area contributed by atoms with Crippen molar-refractivity contribution in [1.82, 2.24) is 5.32 Å². The summed E-state index contributed by atoms with van der Waals surface area (Å²) in [4.78, 5) is 0. The van der Waals surface area contributed by atoms with Crippen molar-refractivity contribution in [3.63, 3.8) is 0 Å².